The molecule has 4 rings (SSSR count). The molecule has 0 spiro atoms. The lowest BCUT2D eigenvalue weighted by Gasteiger charge is -2.13. The summed E-state index contributed by atoms with van der Waals surface area (Å²) in [6, 6.07) is 17.8. The molecule has 3 aromatic rings. The van der Waals surface area contributed by atoms with Gasteiger partial charge in [0.15, 0.2) is 11.5 Å². The topological polar surface area (TPSA) is 55.8 Å². The Bertz CT molecular complexity index is 1290. The molecule has 1 aliphatic heterocycles. The molecule has 0 aliphatic carbocycles. The molecule has 1 aliphatic rings. The normalized spacial score (nSPS) is 14.6. The molecule has 1 heterocycles. The molecule has 35 heavy (non-hydrogen) atoms. The number of hydrogen-bond donors (Lipinski definition) is 0. The molecule has 1 saturated heterocycles. The lowest BCUT2D eigenvalue weighted by molar-refractivity contribution is -0.123. The van der Waals surface area contributed by atoms with Gasteiger partial charge in [-0.2, -0.15) is 0 Å². The standard InChI is InChI=1S/C26H20Cl3NO4S/c1-2-33-23-12-17(6-10-22(23)34-15-16-3-7-19(27)8-4-16)13-24-25(31)30(26(32)35-24)14-18-5-9-20(28)21(29)11-18/h3-13H,2,14-15H2,1H3/b24-13+. The minimum absolute atomic E-state index is 0.112. The van der Waals surface area contributed by atoms with Crippen LogP contribution < -0.4 is 9.47 Å². The van der Waals surface area contributed by atoms with Gasteiger partial charge in [-0.1, -0.05) is 59.1 Å². The Morgan fingerprint density at radius 1 is 0.857 bits per heavy atom. The number of nitrogens with zero attached hydrogens (tertiary/aromatic N) is 1. The van der Waals surface area contributed by atoms with E-state index in [0.717, 1.165) is 17.3 Å². The highest BCUT2D eigenvalue weighted by molar-refractivity contribution is 8.18. The van der Waals surface area contributed by atoms with Crippen molar-refractivity contribution < 1.29 is 19.1 Å². The number of thioether (sulfide) groups is 1. The van der Waals surface area contributed by atoms with Gasteiger partial charge in [0.05, 0.1) is 28.1 Å². The van der Waals surface area contributed by atoms with Crippen molar-refractivity contribution in [1.29, 1.82) is 0 Å². The van der Waals surface area contributed by atoms with Gasteiger partial charge in [-0.15, -0.1) is 0 Å². The first kappa shape index (κ1) is 25.5. The predicted octanol–water partition coefficient (Wildman–Crippen LogP) is 7.86. The number of benzene rings is 3. The zero-order chi connectivity index (χ0) is 24.9. The monoisotopic (exact) mass is 547 g/mol. The van der Waals surface area contributed by atoms with Gasteiger partial charge in [0.2, 0.25) is 0 Å². The van der Waals surface area contributed by atoms with Crippen molar-refractivity contribution in [1.82, 2.24) is 4.90 Å². The second-order valence-electron chi connectivity index (χ2n) is 7.57. The molecule has 180 valence electrons. The Morgan fingerprint density at radius 2 is 1.60 bits per heavy atom. The lowest BCUT2D eigenvalue weighted by atomic mass is 10.1. The van der Waals surface area contributed by atoms with Gasteiger partial charge < -0.3 is 9.47 Å². The highest BCUT2D eigenvalue weighted by Gasteiger charge is 2.35. The fourth-order valence-corrected chi connectivity index (χ4v) is 4.64. The average Bonchev–Trinajstić information content (AvgIpc) is 3.09. The van der Waals surface area contributed by atoms with Crippen LogP contribution in [0, 0.1) is 0 Å². The van der Waals surface area contributed by atoms with Crippen LogP contribution in [0.4, 0.5) is 4.79 Å². The first-order valence-electron chi connectivity index (χ1n) is 10.7. The van der Waals surface area contributed by atoms with Gasteiger partial charge >= 0.3 is 0 Å². The SMILES string of the molecule is CCOc1cc(/C=C2/SC(=O)N(Cc3ccc(Cl)c(Cl)c3)C2=O)ccc1OCc1ccc(Cl)cc1. The number of rotatable bonds is 8. The molecule has 5 nitrogen and oxygen atoms in total. The van der Waals surface area contributed by atoms with E-state index in [4.69, 9.17) is 44.3 Å². The van der Waals surface area contributed by atoms with Crippen molar-refractivity contribution in [2.75, 3.05) is 6.61 Å². The van der Waals surface area contributed by atoms with E-state index in [2.05, 4.69) is 0 Å². The zero-order valence-corrected chi connectivity index (χ0v) is 21.7. The smallest absolute Gasteiger partial charge is 0.293 e. The molecule has 0 N–H and O–H groups in total. The number of ether oxygens (including phenoxy) is 2. The maximum Gasteiger partial charge on any atom is 0.293 e. The Hall–Kier alpha value is -2.64. The van der Waals surface area contributed by atoms with Crippen LogP contribution in [-0.2, 0) is 17.9 Å². The van der Waals surface area contributed by atoms with Gasteiger partial charge in [0.25, 0.3) is 11.1 Å². The van der Waals surface area contributed by atoms with Crippen molar-refractivity contribution in [3.8, 4) is 11.5 Å². The van der Waals surface area contributed by atoms with E-state index in [1.807, 2.05) is 25.1 Å². The summed E-state index contributed by atoms with van der Waals surface area (Å²) in [5.41, 5.74) is 2.40. The summed E-state index contributed by atoms with van der Waals surface area (Å²) in [5, 5.41) is 1.10. The third kappa shape index (κ3) is 6.33. The highest BCUT2D eigenvalue weighted by Crippen LogP contribution is 2.36. The Balaban J connectivity index is 1.50. The minimum Gasteiger partial charge on any atom is -0.490 e. The lowest BCUT2D eigenvalue weighted by Crippen LogP contribution is -2.27. The molecule has 0 saturated carbocycles. The Kier molecular flexibility index (Phi) is 8.29. The Morgan fingerprint density at radius 3 is 2.31 bits per heavy atom. The van der Waals surface area contributed by atoms with Crippen LogP contribution in [0.5, 0.6) is 11.5 Å². The van der Waals surface area contributed by atoms with E-state index in [9.17, 15) is 9.59 Å². The van der Waals surface area contributed by atoms with Crippen LogP contribution in [0.2, 0.25) is 15.1 Å². The second kappa shape index (κ2) is 11.4. The number of carbonyl (C=O) groups is 2. The predicted molar refractivity (Wildman–Crippen MR) is 141 cm³/mol. The molecule has 0 bridgehead atoms. The second-order valence-corrected chi connectivity index (χ2v) is 9.81. The molecule has 0 atom stereocenters. The molecule has 0 unspecified atom stereocenters. The summed E-state index contributed by atoms with van der Waals surface area (Å²) in [6.45, 7) is 2.79. The minimum atomic E-state index is -0.368. The Labute approximate surface area is 222 Å². The third-order valence-corrected chi connectivity index (χ3v) is 6.97. The van der Waals surface area contributed by atoms with Crippen molar-refractivity contribution in [3.05, 3.63) is 97.3 Å². The van der Waals surface area contributed by atoms with Crippen LogP contribution in [0.3, 0.4) is 0 Å². The number of halogens is 3. The van der Waals surface area contributed by atoms with Crippen LogP contribution in [-0.4, -0.2) is 22.7 Å². The first-order chi connectivity index (χ1) is 16.8. The maximum atomic E-state index is 12.9. The quantitative estimate of drug-likeness (QED) is 0.268. The van der Waals surface area contributed by atoms with E-state index < -0.39 is 0 Å². The van der Waals surface area contributed by atoms with Gasteiger partial charge in [-0.3, -0.25) is 14.5 Å². The molecule has 1 fully saturated rings. The van der Waals surface area contributed by atoms with Gasteiger partial charge in [-0.25, -0.2) is 0 Å². The maximum absolute atomic E-state index is 12.9. The van der Waals surface area contributed by atoms with Crippen LogP contribution in [0.15, 0.2) is 65.6 Å². The molecule has 0 aromatic heterocycles. The fraction of sp³-hybridized carbons (Fsp3) is 0.154. The van der Waals surface area contributed by atoms with Crippen LogP contribution >= 0.6 is 46.6 Å². The van der Waals surface area contributed by atoms with E-state index in [0.29, 0.717) is 55.8 Å². The molecular weight excluding hydrogens is 529 g/mol. The average molecular weight is 549 g/mol. The summed E-state index contributed by atoms with van der Waals surface area (Å²) in [4.78, 5) is 27.0. The highest BCUT2D eigenvalue weighted by atomic mass is 35.5. The number of carbonyl (C=O) groups excluding carboxylic acids is 2. The first-order valence-corrected chi connectivity index (χ1v) is 12.6. The van der Waals surface area contributed by atoms with Crippen molar-refractivity contribution in [3.63, 3.8) is 0 Å². The number of hydrogen-bond acceptors (Lipinski definition) is 5. The van der Waals surface area contributed by atoms with Gasteiger partial charge in [0, 0.05) is 5.02 Å². The summed E-state index contributed by atoms with van der Waals surface area (Å²) in [6.07, 6.45) is 1.67. The van der Waals surface area contributed by atoms with Gasteiger partial charge in [-0.05, 0) is 77.9 Å². The van der Waals surface area contributed by atoms with E-state index in [1.54, 1.807) is 48.5 Å². The summed E-state index contributed by atoms with van der Waals surface area (Å²) in [5.74, 6) is 0.754. The molecule has 3 aromatic carbocycles. The molecular formula is C26H20Cl3NO4S. The third-order valence-electron chi connectivity index (χ3n) is 5.07. The zero-order valence-electron chi connectivity index (χ0n) is 18.6. The van der Waals surface area contributed by atoms with Crippen molar-refractivity contribution in [2.45, 2.75) is 20.1 Å². The van der Waals surface area contributed by atoms with Gasteiger partial charge in [0.1, 0.15) is 6.61 Å². The molecule has 2 amide bonds. The number of amides is 2. The van der Waals surface area contributed by atoms with E-state index >= 15 is 0 Å². The van der Waals surface area contributed by atoms with Crippen molar-refractivity contribution >= 4 is 63.8 Å². The summed E-state index contributed by atoms with van der Waals surface area (Å²) < 4.78 is 11.7. The van der Waals surface area contributed by atoms with Crippen LogP contribution in [0.1, 0.15) is 23.6 Å². The van der Waals surface area contributed by atoms with E-state index in [1.165, 1.54) is 4.90 Å². The number of imide groups is 1. The largest absolute Gasteiger partial charge is 0.490 e. The summed E-state index contributed by atoms with van der Waals surface area (Å²) in [7, 11) is 0. The molecule has 0 radical (unpaired) electrons. The molecule has 9 heteroatoms. The summed E-state index contributed by atoms with van der Waals surface area (Å²) >= 11 is 18.8. The van der Waals surface area contributed by atoms with E-state index in [-0.39, 0.29) is 17.7 Å². The van der Waals surface area contributed by atoms with Crippen LogP contribution in [0.25, 0.3) is 6.08 Å². The van der Waals surface area contributed by atoms with Crippen molar-refractivity contribution in [2.24, 2.45) is 0 Å². The fourth-order valence-electron chi connectivity index (χ4n) is 3.35.